The van der Waals surface area contributed by atoms with E-state index >= 15 is 0 Å². The van der Waals surface area contributed by atoms with Crippen LogP contribution in [0.5, 0.6) is 0 Å². The third-order valence-electron chi connectivity index (χ3n) is 6.76. The second-order valence-corrected chi connectivity index (χ2v) is 7.74. The van der Waals surface area contributed by atoms with Gasteiger partial charge in [-0.1, -0.05) is 30.4 Å². The second kappa shape index (κ2) is 4.28. The molecule has 2 bridgehead atoms. The molecule has 4 aliphatic rings. The lowest BCUT2D eigenvalue weighted by Gasteiger charge is -2.18. The van der Waals surface area contributed by atoms with Gasteiger partial charge in [-0.15, -0.1) is 0 Å². The van der Waals surface area contributed by atoms with Crippen molar-refractivity contribution in [1.82, 2.24) is 9.99 Å². The number of hydrogen-bond donors (Lipinski definition) is 1. The van der Waals surface area contributed by atoms with E-state index in [1.165, 1.54) is 0 Å². The number of amides is 2. The van der Waals surface area contributed by atoms with Gasteiger partial charge in [-0.25, -0.2) is 0 Å². The third-order valence-corrected chi connectivity index (χ3v) is 6.76. The van der Waals surface area contributed by atoms with Crippen molar-refractivity contribution in [3.05, 3.63) is 48.2 Å². The zero-order valence-electron chi connectivity index (χ0n) is 13.6. The van der Waals surface area contributed by atoms with Crippen LogP contribution in [-0.2, 0) is 9.59 Å². The summed E-state index contributed by atoms with van der Waals surface area (Å²) in [7, 11) is 0. The minimum absolute atomic E-state index is 0.116. The lowest BCUT2D eigenvalue weighted by atomic mass is 9.85. The summed E-state index contributed by atoms with van der Waals surface area (Å²) < 4.78 is 0. The summed E-state index contributed by atoms with van der Waals surface area (Å²) in [4.78, 5) is 28.9. The Balaban J connectivity index is 1.34. The van der Waals surface area contributed by atoms with Crippen LogP contribution in [0.25, 0.3) is 10.9 Å². The molecule has 6 rings (SSSR count). The summed E-state index contributed by atoms with van der Waals surface area (Å²) in [5, 5.41) is 6.44. The molecular formula is C20H17N3O2. The molecule has 2 amide bonds. The van der Waals surface area contributed by atoms with E-state index in [-0.39, 0.29) is 40.9 Å². The van der Waals surface area contributed by atoms with Crippen molar-refractivity contribution in [2.24, 2.45) is 34.2 Å². The number of allylic oxidation sites excluding steroid dienone is 2. The third kappa shape index (κ3) is 1.52. The molecular weight excluding hydrogens is 314 g/mol. The van der Waals surface area contributed by atoms with Gasteiger partial charge in [-0.3, -0.25) is 9.59 Å². The van der Waals surface area contributed by atoms with Crippen LogP contribution >= 0.6 is 0 Å². The number of carbonyl (C=O) groups excluding carboxylic acids is 2. The molecule has 5 nitrogen and oxygen atoms in total. The largest absolute Gasteiger partial charge is 0.361 e. The molecule has 4 atom stereocenters. The first-order chi connectivity index (χ1) is 12.2. The van der Waals surface area contributed by atoms with E-state index in [0.29, 0.717) is 0 Å². The van der Waals surface area contributed by atoms with Gasteiger partial charge in [-0.2, -0.15) is 10.1 Å². The van der Waals surface area contributed by atoms with Crippen LogP contribution in [0.15, 0.2) is 47.7 Å². The van der Waals surface area contributed by atoms with Gasteiger partial charge >= 0.3 is 0 Å². The Bertz CT molecular complexity index is 963. The molecule has 3 aliphatic carbocycles. The number of para-hydroxylation sites is 1. The first-order valence-corrected chi connectivity index (χ1v) is 8.87. The number of rotatable bonds is 2. The van der Waals surface area contributed by atoms with Gasteiger partial charge in [0.15, 0.2) is 0 Å². The SMILES string of the molecule is O=C1[C@@H]2[C@@H](C(=O)N1/N=C\c1c[nH]c3ccccc13)[C@H]1C=C[C@H]2C12CC2. The number of hydrazone groups is 1. The number of H-pyrrole nitrogens is 1. The maximum atomic E-state index is 12.9. The van der Waals surface area contributed by atoms with Crippen molar-refractivity contribution in [1.29, 1.82) is 0 Å². The number of aromatic nitrogens is 1. The smallest absolute Gasteiger partial charge is 0.254 e. The lowest BCUT2D eigenvalue weighted by Crippen LogP contribution is -2.30. The van der Waals surface area contributed by atoms with Gasteiger partial charge in [-0.05, 0) is 36.2 Å². The summed E-state index contributed by atoms with van der Waals surface area (Å²) in [6, 6.07) is 7.91. The molecule has 1 aliphatic heterocycles. The number of fused-ring (bicyclic) bond motifs is 4. The quantitative estimate of drug-likeness (QED) is 0.522. The molecule has 25 heavy (non-hydrogen) atoms. The van der Waals surface area contributed by atoms with Crippen LogP contribution in [0.3, 0.4) is 0 Å². The van der Waals surface area contributed by atoms with E-state index in [0.717, 1.165) is 34.3 Å². The highest BCUT2D eigenvalue weighted by Crippen LogP contribution is 2.73. The first kappa shape index (κ1) is 13.6. The molecule has 2 saturated carbocycles. The predicted molar refractivity (Wildman–Crippen MR) is 92.5 cm³/mol. The van der Waals surface area contributed by atoms with E-state index < -0.39 is 0 Å². The maximum absolute atomic E-state index is 12.9. The molecule has 1 N–H and O–H groups in total. The van der Waals surface area contributed by atoms with Crippen LogP contribution in [0.2, 0.25) is 0 Å². The standard InChI is InChI=1S/C20H17N3O2/c24-18-16-13-5-6-14(20(13)7-8-20)17(16)19(25)23(18)22-10-11-9-21-15-4-2-1-3-12(11)15/h1-6,9-10,13-14,16-17,21H,7-8H2/b22-10-/t13-,14-,16+,17+/m1/s1. The topological polar surface area (TPSA) is 65.5 Å². The molecule has 1 saturated heterocycles. The first-order valence-electron chi connectivity index (χ1n) is 8.87. The number of aromatic amines is 1. The summed E-state index contributed by atoms with van der Waals surface area (Å²) in [5.74, 6) is -0.127. The normalized spacial score (nSPS) is 34.2. The lowest BCUT2D eigenvalue weighted by molar-refractivity contribution is -0.141. The van der Waals surface area contributed by atoms with Crippen LogP contribution in [0, 0.1) is 29.1 Å². The molecule has 2 aromatic rings. The fraction of sp³-hybridized carbons (Fsp3) is 0.350. The van der Waals surface area contributed by atoms with Gasteiger partial charge in [0, 0.05) is 22.7 Å². The van der Waals surface area contributed by atoms with Crippen LogP contribution < -0.4 is 0 Å². The van der Waals surface area contributed by atoms with Crippen molar-refractivity contribution in [3.63, 3.8) is 0 Å². The molecule has 1 spiro atoms. The Hall–Kier alpha value is -2.69. The molecule has 124 valence electrons. The van der Waals surface area contributed by atoms with Gasteiger partial charge in [0.1, 0.15) is 0 Å². The Morgan fingerprint density at radius 3 is 2.44 bits per heavy atom. The monoisotopic (exact) mass is 331 g/mol. The summed E-state index contributed by atoms with van der Waals surface area (Å²) in [5.41, 5.74) is 2.12. The van der Waals surface area contributed by atoms with Crippen molar-refractivity contribution in [3.8, 4) is 0 Å². The molecule has 5 heteroatoms. The molecule has 1 aromatic heterocycles. The maximum Gasteiger partial charge on any atom is 0.254 e. The van der Waals surface area contributed by atoms with Crippen molar-refractivity contribution in [2.45, 2.75) is 12.8 Å². The van der Waals surface area contributed by atoms with Crippen molar-refractivity contribution >= 4 is 28.9 Å². The predicted octanol–water partition coefficient (Wildman–Crippen LogP) is 2.70. The summed E-state index contributed by atoms with van der Waals surface area (Å²) in [6.07, 6.45) is 10.1. The molecule has 0 unspecified atom stereocenters. The number of hydrogen-bond acceptors (Lipinski definition) is 3. The van der Waals surface area contributed by atoms with E-state index in [2.05, 4.69) is 22.2 Å². The van der Waals surface area contributed by atoms with Gasteiger partial charge < -0.3 is 4.98 Å². The number of imide groups is 1. The fourth-order valence-electron chi connectivity index (χ4n) is 5.50. The Labute approximate surface area is 144 Å². The van der Waals surface area contributed by atoms with E-state index in [1.807, 2.05) is 30.5 Å². The van der Waals surface area contributed by atoms with Crippen molar-refractivity contribution in [2.75, 3.05) is 0 Å². The number of nitrogens with zero attached hydrogens (tertiary/aromatic N) is 2. The Kier molecular flexibility index (Phi) is 2.33. The van der Waals surface area contributed by atoms with Gasteiger partial charge in [0.2, 0.25) is 0 Å². The minimum Gasteiger partial charge on any atom is -0.361 e. The van der Waals surface area contributed by atoms with E-state index in [4.69, 9.17) is 0 Å². The van der Waals surface area contributed by atoms with Crippen LogP contribution in [0.1, 0.15) is 18.4 Å². The van der Waals surface area contributed by atoms with E-state index in [9.17, 15) is 9.59 Å². The molecule has 3 fully saturated rings. The number of carbonyl (C=O) groups is 2. The highest BCUT2D eigenvalue weighted by molar-refractivity contribution is 6.08. The zero-order valence-corrected chi connectivity index (χ0v) is 13.6. The highest BCUT2D eigenvalue weighted by Gasteiger charge is 2.73. The van der Waals surface area contributed by atoms with Gasteiger partial charge in [0.25, 0.3) is 11.8 Å². The average molecular weight is 331 g/mol. The Morgan fingerprint density at radius 1 is 1.08 bits per heavy atom. The second-order valence-electron chi connectivity index (χ2n) is 7.74. The minimum atomic E-state index is -0.190. The van der Waals surface area contributed by atoms with Crippen LogP contribution in [0.4, 0.5) is 0 Å². The number of benzene rings is 1. The summed E-state index contributed by atoms with van der Waals surface area (Å²) in [6.45, 7) is 0. The fourth-order valence-corrected chi connectivity index (χ4v) is 5.50. The summed E-state index contributed by atoms with van der Waals surface area (Å²) >= 11 is 0. The number of nitrogens with one attached hydrogen (secondary N) is 1. The molecule has 0 radical (unpaired) electrons. The molecule has 1 aromatic carbocycles. The van der Waals surface area contributed by atoms with Crippen LogP contribution in [-0.4, -0.2) is 28.0 Å². The Morgan fingerprint density at radius 2 is 1.76 bits per heavy atom. The zero-order chi connectivity index (χ0) is 16.8. The van der Waals surface area contributed by atoms with E-state index in [1.54, 1.807) is 6.21 Å². The van der Waals surface area contributed by atoms with Gasteiger partial charge in [0.05, 0.1) is 18.1 Å². The average Bonchev–Trinajstić information content (AvgIpc) is 3.00. The van der Waals surface area contributed by atoms with Crippen molar-refractivity contribution < 1.29 is 9.59 Å². The highest BCUT2D eigenvalue weighted by atomic mass is 16.2. The molecule has 2 heterocycles.